The van der Waals surface area contributed by atoms with E-state index < -0.39 is 0 Å². The van der Waals surface area contributed by atoms with Crippen LogP contribution in [0.4, 0.5) is 0 Å². The first-order valence-electron chi connectivity index (χ1n) is 6.71. The van der Waals surface area contributed by atoms with Gasteiger partial charge in [0.15, 0.2) is 11.5 Å². The van der Waals surface area contributed by atoms with E-state index in [1.165, 1.54) is 0 Å². The summed E-state index contributed by atoms with van der Waals surface area (Å²) in [7, 11) is 0. The van der Waals surface area contributed by atoms with Crippen LogP contribution in [0.1, 0.15) is 11.1 Å². The van der Waals surface area contributed by atoms with Gasteiger partial charge in [0.25, 0.3) is 0 Å². The zero-order chi connectivity index (χ0) is 13.7. The second-order valence-corrected chi connectivity index (χ2v) is 5.21. The number of para-hydroxylation sites is 2. The summed E-state index contributed by atoms with van der Waals surface area (Å²) in [6, 6.07) is 16.4. The maximum Gasteiger partial charge on any atom is 0.170 e. The SMILES string of the molecule is Cc1cccc2cc(-c3cc4cccc(C)c4o3)oc12. The molecule has 0 saturated carbocycles. The topological polar surface area (TPSA) is 26.3 Å². The van der Waals surface area contributed by atoms with Crippen molar-refractivity contribution < 1.29 is 8.83 Å². The first-order chi connectivity index (χ1) is 9.72. The molecule has 4 rings (SSSR count). The lowest BCUT2D eigenvalue weighted by molar-refractivity contribution is 0.567. The fourth-order valence-corrected chi connectivity index (χ4v) is 2.66. The number of hydrogen-bond donors (Lipinski definition) is 0. The first kappa shape index (κ1) is 11.4. The van der Waals surface area contributed by atoms with Crippen LogP contribution < -0.4 is 0 Å². The van der Waals surface area contributed by atoms with E-state index in [0.717, 1.165) is 44.6 Å². The summed E-state index contributed by atoms with van der Waals surface area (Å²) in [6.07, 6.45) is 0. The Kier molecular flexibility index (Phi) is 2.27. The Morgan fingerprint density at radius 1 is 0.650 bits per heavy atom. The van der Waals surface area contributed by atoms with Gasteiger partial charge in [-0.05, 0) is 37.1 Å². The molecular formula is C18H14O2. The van der Waals surface area contributed by atoms with Crippen LogP contribution in [-0.2, 0) is 0 Å². The van der Waals surface area contributed by atoms with Crippen LogP contribution in [-0.4, -0.2) is 0 Å². The monoisotopic (exact) mass is 262 g/mol. The van der Waals surface area contributed by atoms with Gasteiger partial charge in [-0.2, -0.15) is 0 Å². The summed E-state index contributed by atoms with van der Waals surface area (Å²) in [5.74, 6) is 1.56. The van der Waals surface area contributed by atoms with Crippen molar-refractivity contribution in [2.75, 3.05) is 0 Å². The average molecular weight is 262 g/mol. The summed E-state index contributed by atoms with van der Waals surface area (Å²) < 4.78 is 11.9. The van der Waals surface area contributed by atoms with Crippen LogP contribution in [0.5, 0.6) is 0 Å². The highest BCUT2D eigenvalue weighted by molar-refractivity contribution is 5.88. The molecule has 0 aliphatic heterocycles. The molecule has 0 N–H and O–H groups in total. The molecule has 2 nitrogen and oxygen atoms in total. The van der Waals surface area contributed by atoms with E-state index in [1.807, 2.05) is 24.3 Å². The number of benzene rings is 2. The van der Waals surface area contributed by atoms with Crippen LogP contribution in [0.25, 0.3) is 33.5 Å². The quantitative estimate of drug-likeness (QED) is 0.455. The molecule has 20 heavy (non-hydrogen) atoms. The lowest BCUT2D eigenvalue weighted by atomic mass is 10.1. The second kappa shape index (κ2) is 4.01. The molecule has 0 bridgehead atoms. The van der Waals surface area contributed by atoms with Gasteiger partial charge in [0, 0.05) is 10.8 Å². The summed E-state index contributed by atoms with van der Waals surface area (Å²) >= 11 is 0. The van der Waals surface area contributed by atoms with E-state index in [0.29, 0.717) is 0 Å². The van der Waals surface area contributed by atoms with Gasteiger partial charge in [-0.1, -0.05) is 36.4 Å². The Morgan fingerprint density at radius 3 is 1.50 bits per heavy atom. The standard InChI is InChI=1S/C18H14O2/c1-11-5-3-7-13-9-15(19-17(11)13)16-10-14-8-4-6-12(2)18(14)20-16/h3-10H,1-2H3. The fraction of sp³-hybridized carbons (Fsp3) is 0.111. The van der Waals surface area contributed by atoms with Gasteiger partial charge >= 0.3 is 0 Å². The van der Waals surface area contributed by atoms with E-state index in [9.17, 15) is 0 Å². The maximum absolute atomic E-state index is 5.96. The largest absolute Gasteiger partial charge is 0.453 e. The minimum absolute atomic E-state index is 0.782. The van der Waals surface area contributed by atoms with Crippen molar-refractivity contribution in [2.45, 2.75) is 13.8 Å². The van der Waals surface area contributed by atoms with Crippen LogP contribution >= 0.6 is 0 Å². The average Bonchev–Trinajstić information content (AvgIpc) is 3.03. The highest BCUT2D eigenvalue weighted by Crippen LogP contribution is 2.34. The van der Waals surface area contributed by atoms with Crippen molar-refractivity contribution in [3.05, 3.63) is 59.7 Å². The number of rotatable bonds is 1. The van der Waals surface area contributed by atoms with Gasteiger partial charge in [-0.3, -0.25) is 0 Å². The zero-order valence-corrected chi connectivity index (χ0v) is 11.4. The molecule has 0 spiro atoms. The molecular weight excluding hydrogens is 248 g/mol. The molecule has 0 saturated heterocycles. The molecule has 2 aromatic heterocycles. The smallest absolute Gasteiger partial charge is 0.170 e. The Hall–Kier alpha value is -2.48. The van der Waals surface area contributed by atoms with Crippen molar-refractivity contribution in [3.63, 3.8) is 0 Å². The maximum atomic E-state index is 5.96. The highest BCUT2D eigenvalue weighted by Gasteiger charge is 2.13. The van der Waals surface area contributed by atoms with Crippen LogP contribution in [0, 0.1) is 13.8 Å². The predicted octanol–water partition coefficient (Wildman–Crippen LogP) is 5.46. The van der Waals surface area contributed by atoms with Gasteiger partial charge in [-0.25, -0.2) is 0 Å². The van der Waals surface area contributed by atoms with Gasteiger partial charge < -0.3 is 8.83 Å². The fourth-order valence-electron chi connectivity index (χ4n) is 2.66. The summed E-state index contributed by atoms with van der Waals surface area (Å²) in [6.45, 7) is 4.11. The van der Waals surface area contributed by atoms with E-state index in [2.05, 4.69) is 38.1 Å². The van der Waals surface area contributed by atoms with Crippen molar-refractivity contribution in [1.29, 1.82) is 0 Å². The van der Waals surface area contributed by atoms with Crippen LogP contribution in [0.2, 0.25) is 0 Å². The molecule has 0 fully saturated rings. The number of hydrogen-bond acceptors (Lipinski definition) is 2. The van der Waals surface area contributed by atoms with Crippen molar-refractivity contribution in [2.24, 2.45) is 0 Å². The zero-order valence-electron chi connectivity index (χ0n) is 11.4. The molecule has 2 aromatic carbocycles. The van der Waals surface area contributed by atoms with E-state index in [4.69, 9.17) is 8.83 Å². The molecule has 98 valence electrons. The Bertz CT molecular complexity index is 847. The molecule has 2 heteroatoms. The molecule has 4 aromatic rings. The molecule has 0 aliphatic rings. The molecule has 2 heterocycles. The van der Waals surface area contributed by atoms with Crippen LogP contribution in [0.15, 0.2) is 57.4 Å². The van der Waals surface area contributed by atoms with E-state index in [1.54, 1.807) is 0 Å². The third kappa shape index (κ3) is 1.58. The van der Waals surface area contributed by atoms with Crippen LogP contribution in [0.3, 0.4) is 0 Å². The molecule has 0 unspecified atom stereocenters. The first-order valence-corrected chi connectivity index (χ1v) is 6.71. The summed E-state index contributed by atoms with van der Waals surface area (Å²) in [5, 5.41) is 2.22. The summed E-state index contributed by atoms with van der Waals surface area (Å²) in [4.78, 5) is 0. The number of aryl methyl sites for hydroxylation is 2. The third-order valence-electron chi connectivity index (χ3n) is 3.72. The minimum Gasteiger partial charge on any atom is -0.453 e. The molecule has 0 radical (unpaired) electrons. The van der Waals surface area contributed by atoms with Gasteiger partial charge in [0.05, 0.1) is 0 Å². The van der Waals surface area contributed by atoms with Gasteiger partial charge in [0.2, 0.25) is 0 Å². The number of fused-ring (bicyclic) bond motifs is 2. The molecule has 0 amide bonds. The molecule has 0 aliphatic carbocycles. The van der Waals surface area contributed by atoms with Gasteiger partial charge in [-0.15, -0.1) is 0 Å². The van der Waals surface area contributed by atoms with Crippen molar-refractivity contribution in [3.8, 4) is 11.5 Å². The predicted molar refractivity (Wildman–Crippen MR) is 80.9 cm³/mol. The van der Waals surface area contributed by atoms with E-state index in [-0.39, 0.29) is 0 Å². The lowest BCUT2D eigenvalue weighted by Crippen LogP contribution is -1.69. The lowest BCUT2D eigenvalue weighted by Gasteiger charge is -1.93. The highest BCUT2D eigenvalue weighted by atomic mass is 16.4. The van der Waals surface area contributed by atoms with Crippen molar-refractivity contribution >= 4 is 21.9 Å². The Labute approximate surface area is 116 Å². The normalized spacial score (nSPS) is 11.5. The third-order valence-corrected chi connectivity index (χ3v) is 3.72. The Morgan fingerprint density at radius 2 is 1.10 bits per heavy atom. The van der Waals surface area contributed by atoms with E-state index >= 15 is 0 Å². The van der Waals surface area contributed by atoms with Gasteiger partial charge in [0.1, 0.15) is 11.2 Å². The second-order valence-electron chi connectivity index (χ2n) is 5.21. The molecule has 0 atom stereocenters. The van der Waals surface area contributed by atoms with Crippen molar-refractivity contribution in [1.82, 2.24) is 0 Å². The Balaban J connectivity index is 1.96. The minimum atomic E-state index is 0.782. The summed E-state index contributed by atoms with van der Waals surface area (Å²) in [5.41, 5.74) is 4.14. The number of furan rings is 2.